The van der Waals surface area contributed by atoms with Gasteiger partial charge in [0.2, 0.25) is 5.43 Å². The van der Waals surface area contributed by atoms with Crippen molar-refractivity contribution in [3.05, 3.63) is 34.5 Å². The first-order valence-corrected chi connectivity index (χ1v) is 6.87. The van der Waals surface area contributed by atoms with Crippen molar-refractivity contribution in [1.29, 1.82) is 0 Å². The highest BCUT2D eigenvalue weighted by Crippen LogP contribution is 2.35. The first-order valence-electron chi connectivity index (χ1n) is 6.87. The van der Waals surface area contributed by atoms with Gasteiger partial charge in [0.05, 0.1) is 39.2 Å². The molecule has 0 saturated carbocycles. The largest absolute Gasteiger partial charge is 0.493 e. The number of methoxy groups -OCH3 is 4. The fraction of sp³-hybridized carbons (Fsp3) is 0.235. The molecule has 1 aromatic heterocycles. The number of ether oxygens (including phenoxy) is 4. The SMILES string of the molecule is COc1cc2oc3cc(OC)c(OC)cc3c(=O)c2cc1OC. The van der Waals surface area contributed by atoms with Crippen LogP contribution >= 0.6 is 0 Å². The van der Waals surface area contributed by atoms with Gasteiger partial charge in [0.1, 0.15) is 11.2 Å². The molecule has 6 nitrogen and oxygen atoms in total. The van der Waals surface area contributed by atoms with Gasteiger partial charge in [-0.25, -0.2) is 0 Å². The van der Waals surface area contributed by atoms with Crippen LogP contribution in [-0.2, 0) is 0 Å². The molecule has 0 unspecified atom stereocenters. The van der Waals surface area contributed by atoms with Crippen molar-refractivity contribution in [3.63, 3.8) is 0 Å². The van der Waals surface area contributed by atoms with Gasteiger partial charge in [-0.1, -0.05) is 0 Å². The molecule has 0 aliphatic rings. The summed E-state index contributed by atoms with van der Waals surface area (Å²) in [7, 11) is 6.08. The van der Waals surface area contributed by atoms with Crippen LogP contribution in [0.1, 0.15) is 0 Å². The quantitative estimate of drug-likeness (QED) is 0.689. The standard InChI is InChI=1S/C17H16O6/c1-19-13-5-9-11(7-15(13)21-3)23-12-8-16(22-4)14(20-2)6-10(12)17(9)18/h5-8H,1-4H3. The Morgan fingerprint density at radius 2 is 1.00 bits per heavy atom. The maximum atomic E-state index is 12.8. The van der Waals surface area contributed by atoms with Gasteiger partial charge < -0.3 is 23.4 Å². The third-order valence-corrected chi connectivity index (χ3v) is 3.68. The number of hydrogen-bond donors (Lipinski definition) is 0. The fourth-order valence-corrected chi connectivity index (χ4v) is 2.51. The topological polar surface area (TPSA) is 67.1 Å². The Balaban J connectivity index is 2.42. The Hall–Kier alpha value is -2.89. The van der Waals surface area contributed by atoms with Gasteiger partial charge >= 0.3 is 0 Å². The van der Waals surface area contributed by atoms with E-state index >= 15 is 0 Å². The van der Waals surface area contributed by atoms with Crippen LogP contribution in [0.5, 0.6) is 23.0 Å². The van der Waals surface area contributed by atoms with Gasteiger partial charge in [-0.15, -0.1) is 0 Å². The second-order valence-electron chi connectivity index (χ2n) is 4.84. The Kier molecular flexibility index (Phi) is 3.73. The van der Waals surface area contributed by atoms with Crippen LogP contribution in [-0.4, -0.2) is 28.4 Å². The molecule has 0 saturated heterocycles. The highest BCUT2D eigenvalue weighted by Gasteiger charge is 2.15. The van der Waals surface area contributed by atoms with E-state index in [1.165, 1.54) is 28.4 Å². The summed E-state index contributed by atoms with van der Waals surface area (Å²) in [6.07, 6.45) is 0. The zero-order valence-electron chi connectivity index (χ0n) is 13.3. The summed E-state index contributed by atoms with van der Waals surface area (Å²) >= 11 is 0. The van der Waals surface area contributed by atoms with Crippen LogP contribution in [0.15, 0.2) is 33.5 Å². The lowest BCUT2D eigenvalue weighted by Gasteiger charge is -2.11. The van der Waals surface area contributed by atoms with E-state index in [1.54, 1.807) is 24.3 Å². The molecule has 1 heterocycles. The van der Waals surface area contributed by atoms with Crippen LogP contribution in [0, 0.1) is 0 Å². The number of fused-ring (bicyclic) bond motifs is 2. The second kappa shape index (κ2) is 5.72. The van der Waals surface area contributed by atoms with E-state index in [1.807, 2.05) is 0 Å². The smallest absolute Gasteiger partial charge is 0.200 e. The molecular formula is C17H16O6. The van der Waals surface area contributed by atoms with Crippen molar-refractivity contribution in [2.24, 2.45) is 0 Å². The zero-order valence-corrected chi connectivity index (χ0v) is 13.3. The molecule has 0 amide bonds. The van der Waals surface area contributed by atoms with Crippen molar-refractivity contribution >= 4 is 21.9 Å². The Morgan fingerprint density at radius 1 is 0.652 bits per heavy atom. The summed E-state index contributed by atoms with van der Waals surface area (Å²) in [6.45, 7) is 0. The predicted octanol–water partition coefficient (Wildman–Crippen LogP) is 2.98. The number of benzene rings is 2. The molecule has 0 spiro atoms. The number of hydrogen-bond acceptors (Lipinski definition) is 6. The van der Waals surface area contributed by atoms with Crippen LogP contribution in [0.3, 0.4) is 0 Å². The summed E-state index contributed by atoms with van der Waals surface area (Å²) in [5.74, 6) is 1.91. The molecule has 3 aromatic rings. The molecule has 0 N–H and O–H groups in total. The third kappa shape index (κ3) is 2.32. The van der Waals surface area contributed by atoms with Gasteiger partial charge in [-0.2, -0.15) is 0 Å². The van der Waals surface area contributed by atoms with Crippen LogP contribution in [0.25, 0.3) is 21.9 Å². The number of rotatable bonds is 4. The molecule has 0 fully saturated rings. The van der Waals surface area contributed by atoms with Crippen molar-refractivity contribution in [2.45, 2.75) is 0 Å². The summed E-state index contributed by atoms with van der Waals surface area (Å²) < 4.78 is 26.8. The maximum Gasteiger partial charge on any atom is 0.200 e. The first-order chi connectivity index (χ1) is 11.1. The molecule has 0 aliphatic carbocycles. The van der Waals surface area contributed by atoms with E-state index in [-0.39, 0.29) is 5.43 Å². The summed E-state index contributed by atoms with van der Waals surface area (Å²) in [5.41, 5.74) is 0.642. The first kappa shape index (κ1) is 15.0. The van der Waals surface area contributed by atoms with Crippen molar-refractivity contribution in [1.82, 2.24) is 0 Å². The van der Waals surface area contributed by atoms with Crippen molar-refractivity contribution < 1.29 is 23.4 Å². The minimum absolute atomic E-state index is 0.178. The minimum atomic E-state index is -0.178. The highest BCUT2D eigenvalue weighted by molar-refractivity contribution is 5.92. The van der Waals surface area contributed by atoms with Crippen LogP contribution < -0.4 is 24.4 Å². The van der Waals surface area contributed by atoms with Crippen LogP contribution in [0.4, 0.5) is 0 Å². The predicted molar refractivity (Wildman–Crippen MR) is 86.2 cm³/mol. The highest BCUT2D eigenvalue weighted by atomic mass is 16.5. The van der Waals surface area contributed by atoms with E-state index in [0.717, 1.165) is 0 Å². The van der Waals surface area contributed by atoms with E-state index in [2.05, 4.69) is 0 Å². The van der Waals surface area contributed by atoms with E-state index < -0.39 is 0 Å². The average molecular weight is 316 g/mol. The van der Waals surface area contributed by atoms with E-state index in [0.29, 0.717) is 44.9 Å². The molecule has 3 rings (SSSR count). The summed E-state index contributed by atoms with van der Waals surface area (Å²) in [5, 5.41) is 0.810. The van der Waals surface area contributed by atoms with Gasteiger partial charge in [-0.05, 0) is 12.1 Å². The fourth-order valence-electron chi connectivity index (χ4n) is 2.51. The zero-order chi connectivity index (χ0) is 16.6. The molecule has 0 radical (unpaired) electrons. The normalized spacial score (nSPS) is 10.8. The monoisotopic (exact) mass is 316 g/mol. The molecule has 0 aliphatic heterocycles. The van der Waals surface area contributed by atoms with Crippen molar-refractivity contribution in [3.8, 4) is 23.0 Å². The lowest BCUT2D eigenvalue weighted by Crippen LogP contribution is -2.04. The second-order valence-corrected chi connectivity index (χ2v) is 4.84. The Bertz CT molecular complexity index is 868. The molecule has 2 aromatic carbocycles. The molecule has 0 bridgehead atoms. The Labute approximate surface area is 132 Å². The lowest BCUT2D eigenvalue weighted by atomic mass is 10.1. The van der Waals surface area contributed by atoms with E-state index in [4.69, 9.17) is 23.4 Å². The molecule has 120 valence electrons. The molecule has 6 heteroatoms. The molecule has 23 heavy (non-hydrogen) atoms. The third-order valence-electron chi connectivity index (χ3n) is 3.68. The van der Waals surface area contributed by atoms with E-state index in [9.17, 15) is 4.79 Å². The van der Waals surface area contributed by atoms with Gasteiger partial charge in [0.15, 0.2) is 23.0 Å². The summed E-state index contributed by atoms with van der Waals surface area (Å²) in [4.78, 5) is 12.8. The van der Waals surface area contributed by atoms with Crippen molar-refractivity contribution in [2.75, 3.05) is 28.4 Å². The molecular weight excluding hydrogens is 300 g/mol. The maximum absolute atomic E-state index is 12.8. The average Bonchev–Trinajstić information content (AvgIpc) is 2.59. The van der Waals surface area contributed by atoms with Gasteiger partial charge in [0, 0.05) is 12.1 Å². The summed E-state index contributed by atoms with van der Waals surface area (Å²) in [6, 6.07) is 6.48. The Morgan fingerprint density at radius 3 is 1.35 bits per heavy atom. The van der Waals surface area contributed by atoms with Gasteiger partial charge in [0.25, 0.3) is 0 Å². The minimum Gasteiger partial charge on any atom is -0.493 e. The molecule has 0 atom stereocenters. The van der Waals surface area contributed by atoms with Gasteiger partial charge in [-0.3, -0.25) is 4.79 Å². The lowest BCUT2D eigenvalue weighted by molar-refractivity contribution is 0.354. The van der Waals surface area contributed by atoms with Crippen LogP contribution in [0.2, 0.25) is 0 Å².